The van der Waals surface area contributed by atoms with Gasteiger partial charge in [-0.2, -0.15) is 0 Å². The van der Waals surface area contributed by atoms with Crippen molar-refractivity contribution in [1.82, 2.24) is 4.48 Å². The Bertz CT molecular complexity index is 1020. The summed E-state index contributed by atoms with van der Waals surface area (Å²) in [5.41, 5.74) is 2.17. The summed E-state index contributed by atoms with van der Waals surface area (Å²) in [6, 6.07) is 10.1. The van der Waals surface area contributed by atoms with E-state index in [9.17, 15) is 4.79 Å². The van der Waals surface area contributed by atoms with Gasteiger partial charge in [-0.25, -0.2) is 0 Å². The number of fused-ring (bicyclic) bond motifs is 2. The van der Waals surface area contributed by atoms with E-state index >= 15 is 8.63 Å². The predicted molar refractivity (Wildman–Crippen MR) is 98.2 cm³/mol. The summed E-state index contributed by atoms with van der Waals surface area (Å²) in [5.74, 6) is -0.363. The molecule has 0 aliphatic carbocycles. The summed E-state index contributed by atoms with van der Waals surface area (Å²) < 4.78 is 38.2. The number of carboxylic acid groups (broad SMARTS) is 1. The molecule has 0 saturated heterocycles. The number of benzene rings is 1. The van der Waals surface area contributed by atoms with E-state index in [1.807, 2.05) is 0 Å². The van der Waals surface area contributed by atoms with Crippen molar-refractivity contribution in [3.8, 4) is 5.75 Å². The molecule has 1 N–H and O–H groups in total. The van der Waals surface area contributed by atoms with Crippen molar-refractivity contribution >= 4 is 24.7 Å². The summed E-state index contributed by atoms with van der Waals surface area (Å²) >= 11 is 0. The van der Waals surface area contributed by atoms with Gasteiger partial charge in [0, 0.05) is 29.5 Å². The number of rotatable bonds is 5. The fourth-order valence-electron chi connectivity index (χ4n) is 3.64. The van der Waals surface area contributed by atoms with E-state index in [1.54, 1.807) is 61.7 Å². The predicted octanol–water partition coefficient (Wildman–Crippen LogP) is 3.16. The molecule has 138 valence electrons. The number of carbonyl (C=O) groups is 1. The van der Waals surface area contributed by atoms with E-state index < -0.39 is 12.9 Å². The lowest BCUT2D eigenvalue weighted by Gasteiger charge is -2.30. The van der Waals surface area contributed by atoms with Crippen LogP contribution in [0, 0.1) is 0 Å². The second-order valence-corrected chi connectivity index (χ2v) is 6.49. The third-order valence-electron chi connectivity index (χ3n) is 4.88. The normalized spacial score (nSPS) is 16.8. The lowest BCUT2D eigenvalue weighted by Crippen LogP contribution is -2.51. The van der Waals surface area contributed by atoms with Crippen LogP contribution in [0.15, 0.2) is 54.2 Å². The molecule has 0 atom stereocenters. The summed E-state index contributed by atoms with van der Waals surface area (Å²) in [5, 5.41) is 8.89. The maximum atomic E-state index is 15.5. The number of allylic oxidation sites excluding steroid dienone is 2. The molecule has 4 rings (SSSR count). The Morgan fingerprint density at radius 2 is 1.93 bits per heavy atom. The average Bonchev–Trinajstić information content (AvgIpc) is 3.25. The first-order chi connectivity index (χ1) is 12.9. The van der Waals surface area contributed by atoms with Gasteiger partial charge in [0.05, 0.1) is 13.5 Å². The highest BCUT2D eigenvalue weighted by molar-refractivity contribution is 6.58. The largest absolute Gasteiger partial charge is 0.737 e. The Hall–Kier alpha value is -3.16. The average molecular weight is 370 g/mol. The van der Waals surface area contributed by atoms with Crippen molar-refractivity contribution < 1.29 is 27.8 Å². The highest BCUT2D eigenvalue weighted by Crippen LogP contribution is 2.34. The minimum atomic E-state index is -4.15. The fraction of sp³-hybridized carbons (Fsp3) is 0.158. The van der Waals surface area contributed by atoms with Crippen LogP contribution in [-0.2, 0) is 11.2 Å². The van der Waals surface area contributed by atoms with Crippen molar-refractivity contribution in [3.05, 3.63) is 71.2 Å². The molecule has 0 fully saturated rings. The van der Waals surface area contributed by atoms with Gasteiger partial charge in [-0.3, -0.25) is 4.79 Å². The van der Waals surface area contributed by atoms with E-state index in [-0.39, 0.29) is 12.8 Å². The Morgan fingerprint density at radius 3 is 2.59 bits per heavy atom. The zero-order valence-corrected chi connectivity index (χ0v) is 14.6. The van der Waals surface area contributed by atoms with E-state index in [0.717, 1.165) is 8.96 Å². The Labute approximate surface area is 154 Å². The van der Waals surface area contributed by atoms with Crippen LogP contribution in [0.2, 0.25) is 0 Å². The zero-order chi connectivity index (χ0) is 19.2. The fourth-order valence-corrected chi connectivity index (χ4v) is 3.64. The molecule has 0 saturated carbocycles. The molecule has 0 spiro atoms. The second kappa shape index (κ2) is 6.23. The number of aliphatic carboxylic acids is 1. The third-order valence-corrected chi connectivity index (χ3v) is 4.88. The summed E-state index contributed by atoms with van der Waals surface area (Å²) in [4.78, 5) is 10.9. The van der Waals surface area contributed by atoms with E-state index in [0.29, 0.717) is 34.1 Å². The van der Waals surface area contributed by atoms with E-state index in [1.165, 1.54) is 0 Å². The SMILES string of the molecule is COc1ccc(C2=[N+]3C(=Cc4ccc(CCC(=O)O)n4[B-]3(F)F)C=C2)cc1. The highest BCUT2D eigenvalue weighted by atomic mass is 19.2. The molecule has 0 unspecified atom stereocenters. The Morgan fingerprint density at radius 1 is 1.19 bits per heavy atom. The van der Waals surface area contributed by atoms with Gasteiger partial charge in [-0.05, 0) is 48.5 Å². The molecule has 8 heteroatoms. The molecule has 1 aromatic heterocycles. The van der Waals surface area contributed by atoms with Crippen LogP contribution < -0.4 is 4.74 Å². The maximum Gasteiger partial charge on any atom is 0.737 e. The van der Waals surface area contributed by atoms with Crippen molar-refractivity contribution in [1.29, 1.82) is 0 Å². The van der Waals surface area contributed by atoms with E-state index in [4.69, 9.17) is 9.84 Å². The van der Waals surface area contributed by atoms with Crippen LogP contribution in [0.1, 0.15) is 23.4 Å². The summed E-state index contributed by atoms with van der Waals surface area (Å²) in [6.07, 6.45) is 4.89. The molecule has 3 heterocycles. The van der Waals surface area contributed by atoms with Gasteiger partial charge in [0.15, 0.2) is 11.4 Å². The minimum absolute atomic E-state index is 0.0506. The van der Waals surface area contributed by atoms with Gasteiger partial charge < -0.3 is 27.4 Å². The molecule has 2 aromatic rings. The number of aryl methyl sites for hydroxylation is 1. The minimum Gasteiger partial charge on any atom is -0.497 e. The number of hydrogen-bond donors (Lipinski definition) is 1. The third kappa shape index (κ3) is 2.77. The summed E-state index contributed by atoms with van der Waals surface area (Å²) in [7, 11) is 1.55. The molecule has 0 amide bonds. The molecule has 27 heavy (non-hydrogen) atoms. The van der Waals surface area contributed by atoms with Gasteiger partial charge >= 0.3 is 12.9 Å². The number of carboxylic acids is 1. The quantitative estimate of drug-likeness (QED) is 0.823. The van der Waals surface area contributed by atoms with Gasteiger partial charge in [-0.15, -0.1) is 0 Å². The molecule has 1 aromatic carbocycles. The number of ether oxygens (including phenoxy) is 1. The van der Waals surface area contributed by atoms with Crippen LogP contribution in [0.25, 0.3) is 6.08 Å². The first-order valence-corrected chi connectivity index (χ1v) is 8.56. The lowest BCUT2D eigenvalue weighted by molar-refractivity contribution is -0.360. The van der Waals surface area contributed by atoms with Crippen molar-refractivity contribution in [2.75, 3.05) is 7.11 Å². The zero-order valence-electron chi connectivity index (χ0n) is 14.6. The molecule has 2 aliphatic heterocycles. The van der Waals surface area contributed by atoms with Gasteiger partial charge in [0.25, 0.3) is 0 Å². The monoisotopic (exact) mass is 370 g/mol. The number of aromatic nitrogens is 1. The maximum absolute atomic E-state index is 15.5. The number of nitrogens with zero attached hydrogens (tertiary/aromatic N) is 2. The van der Waals surface area contributed by atoms with Crippen LogP contribution in [-0.4, -0.2) is 39.8 Å². The first-order valence-electron chi connectivity index (χ1n) is 8.56. The standard InChI is InChI=1S/C19H17BF2N2O3/c1-27-17-8-2-13(3-9-17)18-10-6-16-12-15-5-4-14(7-11-19(25)26)23(15)20(21,22)24(16)18/h2-6,8-10,12H,7,11H2,1H3,(H,25,26). The van der Waals surface area contributed by atoms with Gasteiger partial charge in [0.1, 0.15) is 5.75 Å². The van der Waals surface area contributed by atoms with Crippen molar-refractivity contribution in [2.24, 2.45) is 0 Å². The smallest absolute Gasteiger partial charge is 0.497 e. The molecule has 5 nitrogen and oxygen atoms in total. The van der Waals surface area contributed by atoms with Crippen LogP contribution in [0.5, 0.6) is 5.75 Å². The topological polar surface area (TPSA) is 54.5 Å². The van der Waals surface area contributed by atoms with Crippen molar-refractivity contribution in [3.63, 3.8) is 0 Å². The van der Waals surface area contributed by atoms with E-state index in [2.05, 4.69) is 0 Å². The second-order valence-electron chi connectivity index (χ2n) is 6.49. The summed E-state index contributed by atoms with van der Waals surface area (Å²) in [6.45, 7) is -4.15. The number of methoxy groups -OCH3 is 1. The van der Waals surface area contributed by atoms with Crippen LogP contribution >= 0.6 is 0 Å². The van der Waals surface area contributed by atoms with Crippen LogP contribution in [0.4, 0.5) is 8.63 Å². The Kier molecular flexibility index (Phi) is 3.98. The highest BCUT2D eigenvalue weighted by Gasteiger charge is 2.52. The molecular weight excluding hydrogens is 353 g/mol. The Balaban J connectivity index is 1.82. The molecule has 0 bridgehead atoms. The molecule has 2 aliphatic rings. The van der Waals surface area contributed by atoms with Gasteiger partial charge in [0.2, 0.25) is 0 Å². The van der Waals surface area contributed by atoms with Crippen molar-refractivity contribution in [2.45, 2.75) is 12.8 Å². The number of halogens is 2. The number of hydrogen-bond acceptors (Lipinski definition) is 2. The molecule has 0 radical (unpaired) electrons. The van der Waals surface area contributed by atoms with Gasteiger partial charge in [-0.1, -0.05) is 0 Å². The van der Waals surface area contributed by atoms with Crippen LogP contribution in [0.3, 0.4) is 0 Å². The molecular formula is C19H17BF2N2O3. The lowest BCUT2D eigenvalue weighted by atomic mass is 9.89. The first kappa shape index (κ1) is 17.3.